The molecule has 2 aromatic carbocycles. The Kier molecular flexibility index (Phi) is 4.14. The molecule has 0 bridgehead atoms. The van der Waals surface area contributed by atoms with Gasteiger partial charge in [-0.05, 0) is 48.5 Å². The van der Waals surface area contributed by atoms with Crippen molar-refractivity contribution in [3.63, 3.8) is 0 Å². The number of benzene rings is 2. The number of imidazole rings is 1. The van der Waals surface area contributed by atoms with Gasteiger partial charge in [-0.15, -0.1) is 0 Å². The number of pyridine rings is 1. The molecule has 0 amide bonds. The molecule has 26 heavy (non-hydrogen) atoms. The quantitative estimate of drug-likeness (QED) is 0.566. The smallest absolute Gasteiger partial charge is 0.261 e. The van der Waals surface area contributed by atoms with Crippen molar-refractivity contribution in [1.29, 1.82) is 0 Å². The molecule has 7 heteroatoms. The van der Waals surface area contributed by atoms with E-state index >= 15 is 0 Å². The van der Waals surface area contributed by atoms with Crippen LogP contribution in [0.25, 0.3) is 16.9 Å². The fourth-order valence-corrected chi connectivity index (χ4v) is 3.80. The van der Waals surface area contributed by atoms with Gasteiger partial charge in [0.15, 0.2) is 0 Å². The second-order valence-electron chi connectivity index (χ2n) is 5.73. The molecule has 0 unspecified atom stereocenters. The van der Waals surface area contributed by atoms with Crippen LogP contribution in [0.2, 0.25) is 5.02 Å². The Hall–Kier alpha value is -2.83. The monoisotopic (exact) mass is 383 g/mol. The highest BCUT2D eigenvalue weighted by atomic mass is 35.5. The van der Waals surface area contributed by atoms with Gasteiger partial charge in [0.25, 0.3) is 10.0 Å². The van der Waals surface area contributed by atoms with E-state index in [1.165, 1.54) is 12.1 Å². The van der Waals surface area contributed by atoms with E-state index in [4.69, 9.17) is 11.6 Å². The molecule has 2 heterocycles. The Bertz CT molecular complexity index is 1130. The number of halogens is 1. The Morgan fingerprint density at radius 2 is 1.65 bits per heavy atom. The highest BCUT2D eigenvalue weighted by molar-refractivity contribution is 7.92. The maximum absolute atomic E-state index is 12.4. The molecule has 2 aromatic heterocycles. The van der Waals surface area contributed by atoms with Crippen LogP contribution in [0.15, 0.2) is 84.0 Å². The van der Waals surface area contributed by atoms with Crippen LogP contribution in [0, 0.1) is 0 Å². The predicted octanol–water partition coefficient (Wildman–Crippen LogP) is 4.46. The zero-order valence-corrected chi connectivity index (χ0v) is 15.1. The molecule has 0 atom stereocenters. The van der Waals surface area contributed by atoms with Gasteiger partial charge in [-0.2, -0.15) is 0 Å². The zero-order chi connectivity index (χ0) is 18.1. The minimum Gasteiger partial charge on any atom is -0.306 e. The molecule has 0 fully saturated rings. The van der Waals surface area contributed by atoms with Crippen molar-refractivity contribution in [3.8, 4) is 11.3 Å². The summed E-state index contributed by atoms with van der Waals surface area (Å²) in [4.78, 5) is 4.71. The summed E-state index contributed by atoms with van der Waals surface area (Å²) in [6, 6.07) is 18.9. The van der Waals surface area contributed by atoms with Crippen LogP contribution in [-0.4, -0.2) is 17.8 Å². The van der Waals surface area contributed by atoms with E-state index in [-0.39, 0.29) is 4.90 Å². The summed E-state index contributed by atoms with van der Waals surface area (Å²) in [5, 5.41) is 0.487. The summed E-state index contributed by atoms with van der Waals surface area (Å²) >= 11 is 5.80. The van der Waals surface area contributed by atoms with E-state index in [1.807, 2.05) is 47.1 Å². The van der Waals surface area contributed by atoms with Crippen molar-refractivity contribution in [2.75, 3.05) is 4.72 Å². The van der Waals surface area contributed by atoms with Crippen LogP contribution in [0.5, 0.6) is 0 Å². The molecular formula is C19H14ClN3O2S. The average molecular weight is 384 g/mol. The summed E-state index contributed by atoms with van der Waals surface area (Å²) in [7, 11) is -3.66. The molecule has 0 aliphatic rings. The molecule has 0 aliphatic carbocycles. The third-order valence-electron chi connectivity index (χ3n) is 3.92. The molecule has 4 aromatic rings. The van der Waals surface area contributed by atoms with Gasteiger partial charge in [-0.3, -0.25) is 4.72 Å². The van der Waals surface area contributed by atoms with Crippen LogP contribution < -0.4 is 4.72 Å². The van der Waals surface area contributed by atoms with Crippen molar-refractivity contribution < 1.29 is 8.42 Å². The Labute approximate surface area is 155 Å². The second kappa shape index (κ2) is 6.48. The first-order valence-electron chi connectivity index (χ1n) is 7.84. The normalized spacial score (nSPS) is 11.6. The number of anilines is 1. The molecule has 0 spiro atoms. The van der Waals surface area contributed by atoms with Gasteiger partial charge in [-0.1, -0.05) is 29.8 Å². The van der Waals surface area contributed by atoms with E-state index in [2.05, 4.69) is 9.71 Å². The lowest BCUT2D eigenvalue weighted by molar-refractivity contribution is 0.601. The number of rotatable bonds is 4. The fourth-order valence-electron chi connectivity index (χ4n) is 2.61. The van der Waals surface area contributed by atoms with Gasteiger partial charge in [0.1, 0.15) is 5.65 Å². The SMILES string of the molecule is O=S(=O)(Nc1ccc(-c2cn3ccccc3n2)cc1)c1ccc(Cl)cc1. The van der Waals surface area contributed by atoms with Crippen molar-refractivity contribution in [1.82, 2.24) is 9.38 Å². The summed E-state index contributed by atoms with van der Waals surface area (Å²) in [5.41, 5.74) is 3.06. The standard InChI is InChI=1S/C19H14ClN3O2S/c20-15-6-10-17(11-7-15)26(24,25)22-16-8-4-14(5-9-16)18-13-23-12-2-1-3-19(23)21-18/h1-13,22H. The number of aromatic nitrogens is 2. The molecule has 130 valence electrons. The van der Waals surface area contributed by atoms with Crippen LogP contribution >= 0.6 is 11.6 Å². The second-order valence-corrected chi connectivity index (χ2v) is 7.85. The summed E-state index contributed by atoms with van der Waals surface area (Å²) < 4.78 is 29.3. The first kappa shape index (κ1) is 16.6. The van der Waals surface area contributed by atoms with Crippen molar-refractivity contribution in [2.24, 2.45) is 0 Å². The molecule has 0 radical (unpaired) electrons. The summed E-state index contributed by atoms with van der Waals surface area (Å²) in [6.45, 7) is 0. The Balaban J connectivity index is 1.58. The molecule has 4 rings (SSSR count). The molecule has 0 saturated heterocycles. The zero-order valence-electron chi connectivity index (χ0n) is 13.5. The van der Waals surface area contributed by atoms with E-state index in [0.29, 0.717) is 10.7 Å². The minimum atomic E-state index is -3.66. The minimum absolute atomic E-state index is 0.159. The van der Waals surface area contributed by atoms with Crippen molar-refractivity contribution in [2.45, 2.75) is 4.90 Å². The lowest BCUT2D eigenvalue weighted by atomic mass is 10.1. The largest absolute Gasteiger partial charge is 0.306 e. The number of hydrogen-bond donors (Lipinski definition) is 1. The van der Waals surface area contributed by atoms with Gasteiger partial charge in [0, 0.05) is 28.7 Å². The van der Waals surface area contributed by atoms with E-state index in [0.717, 1.165) is 16.9 Å². The van der Waals surface area contributed by atoms with Gasteiger partial charge >= 0.3 is 0 Å². The maximum atomic E-state index is 12.4. The Morgan fingerprint density at radius 1 is 0.923 bits per heavy atom. The topological polar surface area (TPSA) is 63.5 Å². The van der Waals surface area contributed by atoms with Gasteiger partial charge < -0.3 is 4.40 Å². The molecular weight excluding hydrogens is 370 g/mol. The first-order valence-corrected chi connectivity index (χ1v) is 9.70. The van der Waals surface area contributed by atoms with Crippen molar-refractivity contribution in [3.05, 3.63) is 84.1 Å². The fraction of sp³-hybridized carbons (Fsp3) is 0. The van der Waals surface area contributed by atoms with Crippen LogP contribution in [-0.2, 0) is 10.0 Å². The summed E-state index contributed by atoms with van der Waals surface area (Å²) in [5.74, 6) is 0. The van der Waals surface area contributed by atoms with E-state index < -0.39 is 10.0 Å². The van der Waals surface area contributed by atoms with Crippen molar-refractivity contribution >= 4 is 33.0 Å². The van der Waals surface area contributed by atoms with Crippen LogP contribution in [0.4, 0.5) is 5.69 Å². The van der Waals surface area contributed by atoms with Gasteiger partial charge in [0.2, 0.25) is 0 Å². The van der Waals surface area contributed by atoms with E-state index in [9.17, 15) is 8.42 Å². The molecule has 1 N–H and O–H groups in total. The van der Waals surface area contributed by atoms with Gasteiger partial charge in [-0.25, -0.2) is 13.4 Å². The first-order chi connectivity index (χ1) is 12.5. The third kappa shape index (κ3) is 3.29. The maximum Gasteiger partial charge on any atom is 0.261 e. The molecule has 0 aliphatic heterocycles. The number of nitrogens with one attached hydrogen (secondary N) is 1. The summed E-state index contributed by atoms with van der Waals surface area (Å²) in [6.07, 6.45) is 3.86. The third-order valence-corrected chi connectivity index (χ3v) is 5.57. The average Bonchev–Trinajstić information content (AvgIpc) is 3.06. The Morgan fingerprint density at radius 3 is 2.35 bits per heavy atom. The van der Waals surface area contributed by atoms with Gasteiger partial charge in [0.05, 0.1) is 10.6 Å². The number of fused-ring (bicyclic) bond motifs is 1. The number of nitrogens with zero attached hydrogens (tertiary/aromatic N) is 2. The van der Waals surface area contributed by atoms with E-state index in [1.54, 1.807) is 24.3 Å². The number of sulfonamides is 1. The predicted molar refractivity (Wildman–Crippen MR) is 103 cm³/mol. The van der Waals surface area contributed by atoms with Crippen LogP contribution in [0.3, 0.4) is 0 Å². The molecule has 5 nitrogen and oxygen atoms in total. The highest BCUT2D eigenvalue weighted by Crippen LogP contribution is 2.23. The highest BCUT2D eigenvalue weighted by Gasteiger charge is 2.14. The lowest BCUT2D eigenvalue weighted by Crippen LogP contribution is -2.12. The van der Waals surface area contributed by atoms with Crippen LogP contribution in [0.1, 0.15) is 0 Å². The lowest BCUT2D eigenvalue weighted by Gasteiger charge is -2.08. The molecule has 0 saturated carbocycles. The number of hydrogen-bond acceptors (Lipinski definition) is 3.